The lowest BCUT2D eigenvalue weighted by molar-refractivity contribution is 0.571. The van der Waals surface area contributed by atoms with Gasteiger partial charge in [-0.2, -0.15) is 4.98 Å². The summed E-state index contributed by atoms with van der Waals surface area (Å²) in [6, 6.07) is 7.90. The molecule has 0 spiro atoms. The summed E-state index contributed by atoms with van der Waals surface area (Å²) in [5.74, 6) is 7.35. The molecule has 5 heteroatoms. The van der Waals surface area contributed by atoms with E-state index >= 15 is 0 Å². The Morgan fingerprint density at radius 2 is 2.04 bits per heavy atom. The van der Waals surface area contributed by atoms with E-state index in [1.807, 2.05) is 6.07 Å². The predicted molar refractivity (Wildman–Crippen MR) is 93.6 cm³/mol. The molecule has 0 saturated heterocycles. The number of hydrogen-bond acceptors (Lipinski definition) is 5. The van der Waals surface area contributed by atoms with Crippen molar-refractivity contribution in [2.24, 2.45) is 10.4 Å². The SMILES string of the molecule is CC(C)(C)C#CC1=NCc2ccc(Nc3ccnc(N)n3)cc21. The molecule has 116 valence electrons. The van der Waals surface area contributed by atoms with E-state index in [0.717, 1.165) is 17.0 Å². The van der Waals surface area contributed by atoms with E-state index in [4.69, 9.17) is 5.73 Å². The van der Waals surface area contributed by atoms with Crippen LogP contribution in [0, 0.1) is 17.3 Å². The molecule has 2 heterocycles. The zero-order valence-electron chi connectivity index (χ0n) is 13.5. The van der Waals surface area contributed by atoms with Gasteiger partial charge in [0.15, 0.2) is 0 Å². The van der Waals surface area contributed by atoms with Crippen molar-refractivity contribution in [1.29, 1.82) is 0 Å². The van der Waals surface area contributed by atoms with Crippen molar-refractivity contribution in [2.45, 2.75) is 27.3 Å². The number of nitrogens with two attached hydrogens (primary N) is 1. The molecule has 1 aromatic carbocycles. The molecule has 23 heavy (non-hydrogen) atoms. The molecule has 2 aromatic rings. The maximum Gasteiger partial charge on any atom is 0.221 e. The molecular weight excluding hydrogens is 286 g/mol. The summed E-state index contributed by atoms with van der Waals surface area (Å²) >= 11 is 0. The number of nitrogen functional groups attached to an aromatic ring is 1. The van der Waals surface area contributed by atoms with Gasteiger partial charge in [-0.15, -0.1) is 0 Å². The molecule has 0 atom stereocenters. The molecular formula is C18H19N5. The van der Waals surface area contributed by atoms with Crippen LogP contribution in [-0.2, 0) is 6.54 Å². The van der Waals surface area contributed by atoms with E-state index in [9.17, 15) is 0 Å². The Hall–Kier alpha value is -2.87. The molecule has 1 aliphatic heterocycles. The average molecular weight is 305 g/mol. The number of benzene rings is 1. The van der Waals surface area contributed by atoms with Crippen LogP contribution in [0.25, 0.3) is 0 Å². The quantitative estimate of drug-likeness (QED) is 0.836. The maximum atomic E-state index is 5.61. The van der Waals surface area contributed by atoms with Gasteiger partial charge in [0.2, 0.25) is 5.95 Å². The van der Waals surface area contributed by atoms with Crippen LogP contribution in [0.1, 0.15) is 31.9 Å². The molecule has 3 rings (SSSR count). The maximum absolute atomic E-state index is 5.61. The number of rotatable bonds is 2. The number of aliphatic imine (C=N–C) groups is 1. The van der Waals surface area contributed by atoms with E-state index < -0.39 is 0 Å². The number of nitrogens with zero attached hydrogens (tertiary/aromatic N) is 3. The van der Waals surface area contributed by atoms with Gasteiger partial charge in [0.25, 0.3) is 0 Å². The van der Waals surface area contributed by atoms with Crippen LogP contribution >= 0.6 is 0 Å². The van der Waals surface area contributed by atoms with Crippen molar-refractivity contribution in [3.63, 3.8) is 0 Å². The van der Waals surface area contributed by atoms with Gasteiger partial charge in [-0.3, -0.25) is 4.99 Å². The second-order valence-electron chi connectivity index (χ2n) is 6.46. The first kappa shape index (κ1) is 15.0. The Kier molecular flexibility index (Phi) is 3.75. The van der Waals surface area contributed by atoms with Crippen molar-refractivity contribution < 1.29 is 0 Å². The van der Waals surface area contributed by atoms with E-state index in [1.54, 1.807) is 12.3 Å². The van der Waals surface area contributed by atoms with Gasteiger partial charge < -0.3 is 11.1 Å². The Morgan fingerprint density at radius 1 is 1.22 bits per heavy atom. The van der Waals surface area contributed by atoms with Gasteiger partial charge in [-0.05, 0) is 50.5 Å². The Bertz CT molecular complexity index is 834. The highest BCUT2D eigenvalue weighted by Crippen LogP contribution is 2.24. The summed E-state index contributed by atoms with van der Waals surface area (Å²) < 4.78 is 0. The molecule has 0 radical (unpaired) electrons. The monoisotopic (exact) mass is 305 g/mol. The summed E-state index contributed by atoms with van der Waals surface area (Å²) in [4.78, 5) is 12.6. The topological polar surface area (TPSA) is 76.2 Å². The zero-order chi connectivity index (χ0) is 16.4. The molecule has 0 fully saturated rings. The third-order valence-electron chi connectivity index (χ3n) is 3.28. The number of hydrogen-bond donors (Lipinski definition) is 2. The van der Waals surface area contributed by atoms with Gasteiger partial charge >= 0.3 is 0 Å². The summed E-state index contributed by atoms with van der Waals surface area (Å²) in [6.07, 6.45) is 1.62. The van der Waals surface area contributed by atoms with Crippen LogP contribution in [0.3, 0.4) is 0 Å². The Labute approximate surface area is 136 Å². The lowest BCUT2D eigenvalue weighted by atomic mass is 9.97. The van der Waals surface area contributed by atoms with Gasteiger partial charge in [0, 0.05) is 22.9 Å². The molecule has 0 bridgehead atoms. The molecule has 0 aliphatic carbocycles. The number of nitrogens with one attached hydrogen (secondary N) is 1. The standard InChI is InChI=1S/C18H19N5/c1-18(2,3)8-6-15-14-10-13(5-4-12(14)11-21-15)22-16-7-9-20-17(19)23-16/h4-5,7,9-10H,11H2,1-3H3,(H3,19,20,22,23). The molecule has 0 unspecified atom stereocenters. The van der Waals surface area contributed by atoms with Gasteiger partial charge in [0.05, 0.1) is 6.54 Å². The third kappa shape index (κ3) is 3.67. The fourth-order valence-corrected chi connectivity index (χ4v) is 2.21. The number of fused-ring (bicyclic) bond motifs is 1. The van der Waals surface area contributed by atoms with Crippen molar-refractivity contribution in [1.82, 2.24) is 9.97 Å². The van der Waals surface area contributed by atoms with E-state index in [1.165, 1.54) is 5.56 Å². The van der Waals surface area contributed by atoms with Crippen molar-refractivity contribution in [2.75, 3.05) is 11.1 Å². The van der Waals surface area contributed by atoms with Gasteiger partial charge in [-0.25, -0.2) is 4.98 Å². The van der Waals surface area contributed by atoms with Crippen LogP contribution in [-0.4, -0.2) is 15.7 Å². The minimum Gasteiger partial charge on any atom is -0.368 e. The Morgan fingerprint density at radius 3 is 2.78 bits per heavy atom. The van der Waals surface area contributed by atoms with Crippen LogP contribution in [0.2, 0.25) is 0 Å². The highest BCUT2D eigenvalue weighted by atomic mass is 15.1. The minimum atomic E-state index is -0.0420. The van der Waals surface area contributed by atoms with Crippen molar-refractivity contribution in [3.05, 3.63) is 41.6 Å². The highest BCUT2D eigenvalue weighted by molar-refractivity contribution is 6.15. The van der Waals surface area contributed by atoms with Crippen LogP contribution in [0.5, 0.6) is 0 Å². The van der Waals surface area contributed by atoms with E-state index in [-0.39, 0.29) is 11.4 Å². The molecule has 0 saturated carbocycles. The van der Waals surface area contributed by atoms with Crippen molar-refractivity contribution >= 4 is 23.2 Å². The molecule has 1 aromatic heterocycles. The zero-order valence-corrected chi connectivity index (χ0v) is 13.5. The Balaban J connectivity index is 1.87. The molecule has 1 aliphatic rings. The van der Waals surface area contributed by atoms with E-state index in [0.29, 0.717) is 12.4 Å². The first-order chi connectivity index (χ1) is 10.9. The fourth-order valence-electron chi connectivity index (χ4n) is 2.21. The first-order valence-electron chi connectivity index (χ1n) is 7.47. The van der Waals surface area contributed by atoms with Crippen LogP contribution in [0.4, 0.5) is 17.5 Å². The summed E-state index contributed by atoms with van der Waals surface area (Å²) in [5.41, 5.74) is 9.60. The van der Waals surface area contributed by atoms with Gasteiger partial charge in [-0.1, -0.05) is 12.0 Å². The lowest BCUT2D eigenvalue weighted by Crippen LogP contribution is -2.03. The minimum absolute atomic E-state index is 0.0420. The van der Waals surface area contributed by atoms with Crippen LogP contribution in [0.15, 0.2) is 35.5 Å². The molecule has 0 amide bonds. The predicted octanol–water partition coefficient (Wildman–Crippen LogP) is 3.15. The average Bonchev–Trinajstić information content (AvgIpc) is 2.87. The van der Waals surface area contributed by atoms with Crippen molar-refractivity contribution in [3.8, 4) is 11.8 Å². The third-order valence-corrected chi connectivity index (χ3v) is 3.28. The normalized spacial score (nSPS) is 12.9. The van der Waals surface area contributed by atoms with Gasteiger partial charge in [0.1, 0.15) is 11.5 Å². The summed E-state index contributed by atoms with van der Waals surface area (Å²) in [5, 5.41) is 3.23. The summed E-state index contributed by atoms with van der Waals surface area (Å²) in [7, 11) is 0. The lowest BCUT2D eigenvalue weighted by Gasteiger charge is -2.09. The molecule has 5 nitrogen and oxygen atoms in total. The molecule has 3 N–H and O–H groups in total. The second kappa shape index (κ2) is 5.73. The largest absolute Gasteiger partial charge is 0.368 e. The smallest absolute Gasteiger partial charge is 0.221 e. The number of aromatic nitrogens is 2. The first-order valence-corrected chi connectivity index (χ1v) is 7.47. The highest BCUT2D eigenvalue weighted by Gasteiger charge is 2.15. The van der Waals surface area contributed by atoms with Crippen LogP contribution < -0.4 is 11.1 Å². The fraction of sp³-hybridized carbons (Fsp3) is 0.278. The number of anilines is 3. The second-order valence-corrected chi connectivity index (χ2v) is 6.46. The summed E-state index contributed by atoms with van der Waals surface area (Å²) in [6.45, 7) is 6.96. The van der Waals surface area contributed by atoms with E-state index in [2.05, 4.69) is 65.0 Å².